The van der Waals surface area contributed by atoms with E-state index in [9.17, 15) is 9.59 Å². The lowest BCUT2D eigenvalue weighted by Gasteiger charge is -2.10. The Balaban J connectivity index is 1.52. The minimum atomic E-state index is -0.616. The fraction of sp³-hybridized carbons (Fsp3) is 0.0833. The third-order valence-electron chi connectivity index (χ3n) is 5.08. The van der Waals surface area contributed by atoms with Crippen LogP contribution in [0.1, 0.15) is 21.7 Å². The van der Waals surface area contributed by atoms with Gasteiger partial charge in [0.15, 0.2) is 5.69 Å². The lowest BCUT2D eigenvalue weighted by atomic mass is 10.1. The second-order valence-electron chi connectivity index (χ2n) is 7.18. The molecular weight excluding hydrogens is 392 g/mol. The van der Waals surface area contributed by atoms with Gasteiger partial charge < -0.3 is 9.14 Å². The Morgan fingerprint density at radius 2 is 1.71 bits per heavy atom. The predicted molar refractivity (Wildman–Crippen MR) is 116 cm³/mol. The Bertz CT molecular complexity index is 1490. The smallest absolute Gasteiger partial charge is 0.359 e. The van der Waals surface area contributed by atoms with Crippen molar-refractivity contribution < 1.29 is 9.53 Å². The Hall–Kier alpha value is -4.26. The number of aromatic nitrogens is 4. The van der Waals surface area contributed by atoms with E-state index in [1.165, 1.54) is 4.68 Å². The van der Waals surface area contributed by atoms with E-state index in [1.807, 2.05) is 54.0 Å². The highest BCUT2D eigenvalue weighted by atomic mass is 16.5. The lowest BCUT2D eigenvalue weighted by Crippen LogP contribution is -2.25. The van der Waals surface area contributed by atoms with Crippen LogP contribution in [0, 0.1) is 6.92 Å². The second kappa shape index (κ2) is 7.53. The fourth-order valence-corrected chi connectivity index (χ4v) is 3.57. The molecule has 152 valence electrons. The van der Waals surface area contributed by atoms with E-state index in [2.05, 4.69) is 10.1 Å². The predicted octanol–water partition coefficient (Wildman–Crippen LogP) is 3.70. The minimum absolute atomic E-state index is 0.000420. The number of carbonyl (C=O) groups is 1. The summed E-state index contributed by atoms with van der Waals surface area (Å²) in [6.45, 7) is 1.97. The third-order valence-corrected chi connectivity index (χ3v) is 5.08. The number of pyridine rings is 1. The van der Waals surface area contributed by atoms with Gasteiger partial charge in [0.25, 0.3) is 5.56 Å². The average Bonchev–Trinajstić information content (AvgIpc) is 3.23. The van der Waals surface area contributed by atoms with Crippen molar-refractivity contribution in [1.82, 2.24) is 19.2 Å². The van der Waals surface area contributed by atoms with Crippen LogP contribution in [-0.4, -0.2) is 25.1 Å². The molecule has 5 aromatic rings. The van der Waals surface area contributed by atoms with Gasteiger partial charge in [-0.25, -0.2) is 9.78 Å². The first kappa shape index (κ1) is 18.7. The fourth-order valence-electron chi connectivity index (χ4n) is 3.57. The Morgan fingerprint density at radius 1 is 0.968 bits per heavy atom. The van der Waals surface area contributed by atoms with Crippen LogP contribution in [0.4, 0.5) is 0 Å². The Morgan fingerprint density at radius 3 is 2.48 bits per heavy atom. The summed E-state index contributed by atoms with van der Waals surface area (Å²) in [4.78, 5) is 30.5. The summed E-state index contributed by atoms with van der Waals surface area (Å²) >= 11 is 0. The zero-order valence-corrected chi connectivity index (χ0v) is 16.7. The first-order valence-corrected chi connectivity index (χ1v) is 9.79. The summed E-state index contributed by atoms with van der Waals surface area (Å²) in [6, 6.07) is 19.8. The molecule has 0 saturated heterocycles. The number of imidazole rings is 1. The molecule has 0 aliphatic heterocycles. The summed E-state index contributed by atoms with van der Waals surface area (Å²) in [5.41, 5.74) is 2.83. The van der Waals surface area contributed by atoms with E-state index >= 15 is 0 Å². The molecule has 0 atom stereocenters. The van der Waals surface area contributed by atoms with Crippen LogP contribution < -0.4 is 5.56 Å². The van der Waals surface area contributed by atoms with E-state index in [0.29, 0.717) is 22.2 Å². The molecule has 0 bridgehead atoms. The molecule has 0 N–H and O–H groups in total. The standard InChI is InChI=1S/C24H18N4O3/c1-16-8-7-13-27-14-17(25-22(16)27)15-31-24(30)21-19-11-5-6-12-20(19)23(29)28(26-21)18-9-3-2-4-10-18/h2-14H,15H2,1H3. The van der Waals surface area contributed by atoms with Gasteiger partial charge in [-0.2, -0.15) is 9.78 Å². The number of aryl methyl sites for hydroxylation is 1. The van der Waals surface area contributed by atoms with Crippen molar-refractivity contribution in [3.8, 4) is 5.69 Å². The van der Waals surface area contributed by atoms with Gasteiger partial charge in [-0.1, -0.05) is 42.5 Å². The number of esters is 1. The van der Waals surface area contributed by atoms with Gasteiger partial charge in [0.05, 0.1) is 16.8 Å². The molecule has 0 radical (unpaired) electrons. The maximum atomic E-state index is 13.0. The number of fused-ring (bicyclic) bond motifs is 2. The van der Waals surface area contributed by atoms with E-state index in [4.69, 9.17) is 4.74 Å². The van der Waals surface area contributed by atoms with E-state index in [0.717, 1.165) is 11.2 Å². The quantitative estimate of drug-likeness (QED) is 0.422. The van der Waals surface area contributed by atoms with Crippen molar-refractivity contribution in [1.29, 1.82) is 0 Å². The Kier molecular flexibility index (Phi) is 4.55. The second-order valence-corrected chi connectivity index (χ2v) is 7.18. The topological polar surface area (TPSA) is 78.5 Å². The Labute approximate surface area is 177 Å². The highest BCUT2D eigenvalue weighted by molar-refractivity contribution is 6.02. The average molecular weight is 410 g/mol. The van der Waals surface area contributed by atoms with Gasteiger partial charge in [0.2, 0.25) is 0 Å². The minimum Gasteiger partial charge on any atom is -0.454 e. The van der Waals surface area contributed by atoms with E-state index < -0.39 is 5.97 Å². The van der Waals surface area contributed by atoms with Crippen molar-refractivity contribution in [2.75, 3.05) is 0 Å². The van der Waals surface area contributed by atoms with Gasteiger partial charge in [-0.05, 0) is 36.8 Å². The SMILES string of the molecule is Cc1cccn2cc(COC(=O)c3nn(-c4ccccc4)c(=O)c4ccccc34)nc12. The molecular formula is C24H18N4O3. The van der Waals surface area contributed by atoms with Gasteiger partial charge >= 0.3 is 5.97 Å². The van der Waals surface area contributed by atoms with Crippen LogP contribution in [0.3, 0.4) is 0 Å². The van der Waals surface area contributed by atoms with Crippen LogP contribution in [0.15, 0.2) is 83.9 Å². The number of benzene rings is 2. The highest BCUT2D eigenvalue weighted by Crippen LogP contribution is 2.17. The molecule has 0 saturated carbocycles. The molecule has 0 amide bonds. The number of ether oxygens (including phenoxy) is 1. The molecule has 3 heterocycles. The van der Waals surface area contributed by atoms with Crippen LogP contribution in [0.25, 0.3) is 22.1 Å². The molecule has 0 aliphatic rings. The summed E-state index contributed by atoms with van der Waals surface area (Å²) < 4.78 is 8.65. The maximum absolute atomic E-state index is 13.0. The van der Waals surface area contributed by atoms with Crippen LogP contribution >= 0.6 is 0 Å². The zero-order chi connectivity index (χ0) is 21.4. The summed E-state index contributed by atoms with van der Waals surface area (Å²) in [5, 5.41) is 5.20. The molecule has 31 heavy (non-hydrogen) atoms. The number of hydrogen-bond donors (Lipinski definition) is 0. The maximum Gasteiger partial charge on any atom is 0.359 e. The third kappa shape index (κ3) is 3.36. The number of carbonyl (C=O) groups excluding carboxylic acids is 1. The van der Waals surface area contributed by atoms with Crippen molar-refractivity contribution in [3.63, 3.8) is 0 Å². The number of hydrogen-bond acceptors (Lipinski definition) is 5. The molecule has 0 unspecified atom stereocenters. The first-order valence-electron chi connectivity index (χ1n) is 9.79. The van der Waals surface area contributed by atoms with Crippen molar-refractivity contribution in [3.05, 3.63) is 106 Å². The molecule has 7 nitrogen and oxygen atoms in total. The van der Waals surface area contributed by atoms with Crippen molar-refractivity contribution >= 4 is 22.4 Å². The van der Waals surface area contributed by atoms with Crippen LogP contribution in [0.2, 0.25) is 0 Å². The molecule has 0 fully saturated rings. The van der Waals surface area contributed by atoms with Gasteiger partial charge in [0, 0.05) is 17.8 Å². The van der Waals surface area contributed by atoms with Gasteiger partial charge in [0.1, 0.15) is 12.3 Å². The van der Waals surface area contributed by atoms with E-state index in [-0.39, 0.29) is 17.9 Å². The summed E-state index contributed by atoms with van der Waals surface area (Å²) in [7, 11) is 0. The number of nitrogens with zero attached hydrogens (tertiary/aromatic N) is 4. The van der Waals surface area contributed by atoms with Crippen LogP contribution in [-0.2, 0) is 11.3 Å². The molecule has 0 aliphatic carbocycles. The van der Waals surface area contributed by atoms with Gasteiger partial charge in [-0.3, -0.25) is 4.79 Å². The summed E-state index contributed by atoms with van der Waals surface area (Å²) in [5.74, 6) is -0.616. The molecule has 2 aromatic carbocycles. The van der Waals surface area contributed by atoms with Crippen molar-refractivity contribution in [2.24, 2.45) is 0 Å². The molecule has 0 spiro atoms. The first-order chi connectivity index (χ1) is 15.1. The van der Waals surface area contributed by atoms with Crippen molar-refractivity contribution in [2.45, 2.75) is 13.5 Å². The lowest BCUT2D eigenvalue weighted by molar-refractivity contribution is 0.0462. The molecule has 7 heteroatoms. The summed E-state index contributed by atoms with van der Waals surface area (Å²) in [6.07, 6.45) is 3.72. The molecule has 5 rings (SSSR count). The highest BCUT2D eigenvalue weighted by Gasteiger charge is 2.19. The van der Waals surface area contributed by atoms with E-state index in [1.54, 1.807) is 36.4 Å². The van der Waals surface area contributed by atoms with Gasteiger partial charge in [-0.15, -0.1) is 0 Å². The van der Waals surface area contributed by atoms with Crippen LogP contribution in [0.5, 0.6) is 0 Å². The largest absolute Gasteiger partial charge is 0.454 e. The number of para-hydroxylation sites is 1. The normalized spacial score (nSPS) is 11.1. The monoisotopic (exact) mass is 410 g/mol. The number of rotatable bonds is 4. The zero-order valence-electron chi connectivity index (χ0n) is 16.7. The molecule has 3 aromatic heterocycles.